The Balaban J connectivity index is 0.000000791. The van der Waals surface area contributed by atoms with Crippen molar-refractivity contribution in [3.8, 4) is 5.75 Å². The van der Waals surface area contributed by atoms with Crippen molar-refractivity contribution in [3.05, 3.63) is 30.1 Å². The maximum absolute atomic E-state index is 12.6. The molecule has 0 saturated carbocycles. The summed E-state index contributed by atoms with van der Waals surface area (Å²) in [5, 5.41) is 0. The summed E-state index contributed by atoms with van der Waals surface area (Å²) in [5.74, 6) is 0.212. The summed E-state index contributed by atoms with van der Waals surface area (Å²) in [4.78, 5) is 0. The molecule has 0 atom stereocenters. The Morgan fingerprint density at radius 2 is 2.29 bits per heavy atom. The molecule has 0 aliphatic rings. The second-order valence-electron chi connectivity index (χ2n) is 2.57. The third kappa shape index (κ3) is 6.50. The van der Waals surface area contributed by atoms with Crippen LogP contribution in [0.2, 0.25) is 0 Å². The number of rotatable bonds is 4. The van der Waals surface area contributed by atoms with E-state index >= 15 is 0 Å². The van der Waals surface area contributed by atoms with Gasteiger partial charge in [-0.3, -0.25) is 0 Å². The third-order valence-electron chi connectivity index (χ3n) is 1.49. The normalized spacial score (nSPS) is 8.93. The van der Waals surface area contributed by atoms with Crippen LogP contribution in [0.4, 0.5) is 4.39 Å². The van der Waals surface area contributed by atoms with Crippen LogP contribution in [0.15, 0.2) is 18.2 Å². The molecule has 14 heavy (non-hydrogen) atoms. The number of benzene rings is 1. The molecule has 0 fully saturated rings. The predicted octanol–water partition coefficient (Wildman–Crippen LogP) is 3.65. The van der Waals surface area contributed by atoms with E-state index in [0.717, 1.165) is 12.8 Å². The molecule has 0 amide bonds. The Kier molecular flexibility index (Phi) is 9.64. The van der Waals surface area contributed by atoms with Crippen molar-refractivity contribution in [2.75, 3.05) is 6.61 Å². The molecule has 0 spiro atoms. The molecule has 4 heteroatoms. The number of hydrogen-bond acceptors (Lipinski definition) is 1. The van der Waals surface area contributed by atoms with E-state index < -0.39 is 0 Å². The van der Waals surface area contributed by atoms with Crippen LogP contribution in [0, 0.1) is 11.9 Å². The van der Waals surface area contributed by atoms with Gasteiger partial charge in [-0.15, -0.1) is 12.1 Å². The van der Waals surface area contributed by atoms with Gasteiger partial charge in [0.1, 0.15) is 0 Å². The Bertz CT molecular complexity index is 245. The predicted molar refractivity (Wildman–Crippen MR) is 54.6 cm³/mol. The SMILES string of the molecule is CCCCOc1[c-]ccc(F)c1.[Zn+][Br]. The van der Waals surface area contributed by atoms with Crippen molar-refractivity contribution in [2.45, 2.75) is 19.8 Å². The zero-order chi connectivity index (χ0) is 10.8. The zero-order valence-electron chi connectivity index (χ0n) is 8.22. The van der Waals surface area contributed by atoms with Crippen LogP contribution in [-0.2, 0) is 16.3 Å². The van der Waals surface area contributed by atoms with Crippen LogP contribution in [-0.4, -0.2) is 6.61 Å². The molecular weight excluding hydrogens is 300 g/mol. The van der Waals surface area contributed by atoms with E-state index in [-0.39, 0.29) is 5.82 Å². The molecule has 0 unspecified atom stereocenters. The van der Waals surface area contributed by atoms with Gasteiger partial charge < -0.3 is 4.74 Å². The summed E-state index contributed by atoms with van der Waals surface area (Å²) in [6, 6.07) is 7.03. The summed E-state index contributed by atoms with van der Waals surface area (Å²) in [5.41, 5.74) is 0. The van der Waals surface area contributed by atoms with Crippen molar-refractivity contribution in [1.29, 1.82) is 0 Å². The average molecular weight is 312 g/mol. The quantitative estimate of drug-likeness (QED) is 0.468. The van der Waals surface area contributed by atoms with E-state index in [1.807, 2.05) is 0 Å². The number of halogens is 2. The maximum atomic E-state index is 12.6. The van der Waals surface area contributed by atoms with Gasteiger partial charge >= 0.3 is 30.0 Å². The molecule has 0 radical (unpaired) electrons. The first-order valence-electron chi connectivity index (χ1n) is 4.39. The number of ether oxygens (including phenoxy) is 1. The number of hydrogen-bond donors (Lipinski definition) is 0. The van der Waals surface area contributed by atoms with Crippen LogP contribution in [0.5, 0.6) is 5.75 Å². The second-order valence-corrected chi connectivity index (χ2v) is 2.57. The minimum absolute atomic E-state index is 0.278. The van der Waals surface area contributed by atoms with Crippen LogP contribution < -0.4 is 4.74 Å². The van der Waals surface area contributed by atoms with Crippen molar-refractivity contribution >= 4 is 13.6 Å². The minimum atomic E-state index is -0.278. The van der Waals surface area contributed by atoms with E-state index in [1.165, 1.54) is 34.5 Å². The van der Waals surface area contributed by atoms with Crippen molar-refractivity contribution in [3.63, 3.8) is 0 Å². The van der Waals surface area contributed by atoms with Gasteiger partial charge in [0, 0.05) is 11.6 Å². The van der Waals surface area contributed by atoms with Gasteiger partial charge in [-0.2, -0.15) is 6.07 Å². The molecule has 0 saturated heterocycles. The van der Waals surface area contributed by atoms with Crippen LogP contribution >= 0.6 is 13.6 Å². The Morgan fingerprint density at radius 3 is 2.86 bits per heavy atom. The molecule has 0 bridgehead atoms. The van der Waals surface area contributed by atoms with E-state index in [4.69, 9.17) is 4.74 Å². The Hall–Kier alpha value is 0.0534. The topological polar surface area (TPSA) is 9.23 Å². The molecular formula is C10H12BrFOZn. The van der Waals surface area contributed by atoms with Gasteiger partial charge in [0.2, 0.25) is 0 Å². The molecule has 0 aliphatic heterocycles. The van der Waals surface area contributed by atoms with E-state index in [9.17, 15) is 4.39 Å². The third-order valence-corrected chi connectivity index (χ3v) is 1.49. The van der Waals surface area contributed by atoms with Crippen LogP contribution in [0.3, 0.4) is 0 Å². The van der Waals surface area contributed by atoms with E-state index in [2.05, 4.69) is 26.6 Å². The second kappa shape index (κ2) is 9.60. The number of unbranched alkanes of at least 4 members (excludes halogenated alkanes) is 1. The first kappa shape index (κ1) is 14.1. The van der Waals surface area contributed by atoms with Crippen LogP contribution in [0.1, 0.15) is 19.8 Å². The van der Waals surface area contributed by atoms with Gasteiger partial charge in [-0.1, -0.05) is 19.4 Å². The van der Waals surface area contributed by atoms with Crippen LogP contribution in [0.25, 0.3) is 0 Å². The van der Waals surface area contributed by atoms with Crippen molar-refractivity contribution < 1.29 is 25.5 Å². The average Bonchev–Trinajstić information content (AvgIpc) is 2.21. The summed E-state index contributed by atoms with van der Waals surface area (Å²) >= 11 is 4.25. The summed E-state index contributed by atoms with van der Waals surface area (Å²) < 4.78 is 17.8. The van der Waals surface area contributed by atoms with Gasteiger partial charge in [0.15, 0.2) is 0 Å². The van der Waals surface area contributed by atoms with Crippen molar-refractivity contribution in [2.24, 2.45) is 0 Å². The fourth-order valence-corrected chi connectivity index (χ4v) is 0.828. The molecule has 74 valence electrons. The van der Waals surface area contributed by atoms with E-state index in [0.29, 0.717) is 12.4 Å². The Labute approximate surface area is 101 Å². The molecule has 1 rings (SSSR count). The zero-order valence-corrected chi connectivity index (χ0v) is 12.8. The van der Waals surface area contributed by atoms with Gasteiger partial charge in [0.25, 0.3) is 0 Å². The molecule has 1 aromatic rings. The molecule has 0 aromatic heterocycles. The summed E-state index contributed by atoms with van der Waals surface area (Å²) in [6.07, 6.45) is 2.07. The fourth-order valence-electron chi connectivity index (χ4n) is 0.828. The molecule has 0 N–H and O–H groups in total. The Morgan fingerprint density at radius 1 is 1.57 bits per heavy atom. The standard InChI is InChI=1S/C10H12FO.BrH.Zn/c1-2-3-7-12-10-6-4-5-9(11)8-10;;/h4-5,8H,2-3,7H2,1H3;1H;/q-1;;+2/p-1. The monoisotopic (exact) mass is 310 g/mol. The van der Waals surface area contributed by atoms with Gasteiger partial charge in [-0.05, 0) is 6.42 Å². The van der Waals surface area contributed by atoms with Crippen molar-refractivity contribution in [1.82, 2.24) is 0 Å². The first-order valence-corrected chi connectivity index (χ1v) is 11.3. The molecule has 0 aliphatic carbocycles. The van der Waals surface area contributed by atoms with Gasteiger partial charge in [0.05, 0.1) is 6.61 Å². The first-order chi connectivity index (χ1) is 6.83. The van der Waals surface area contributed by atoms with E-state index in [1.54, 1.807) is 0 Å². The summed E-state index contributed by atoms with van der Waals surface area (Å²) in [7, 11) is 0. The molecule has 0 heterocycles. The fraction of sp³-hybridized carbons (Fsp3) is 0.400. The molecule has 1 aromatic carbocycles. The van der Waals surface area contributed by atoms with Gasteiger partial charge in [-0.25, -0.2) is 4.39 Å². The summed E-state index contributed by atoms with van der Waals surface area (Å²) in [6.45, 7) is 2.72. The molecule has 1 nitrogen and oxygen atoms in total.